The molecule has 0 aliphatic heterocycles. The number of hydrogen-bond donors (Lipinski definition) is 1. The molecule has 0 aliphatic rings. The van der Waals surface area contributed by atoms with E-state index in [0.717, 1.165) is 24.2 Å². The predicted octanol–water partition coefficient (Wildman–Crippen LogP) is 5.98. The van der Waals surface area contributed by atoms with Crippen LogP contribution in [0.1, 0.15) is 28.5 Å². The molecular weight excluding hydrogens is 378 g/mol. The highest BCUT2D eigenvalue weighted by atomic mass is 35.5. The second-order valence-electron chi connectivity index (χ2n) is 6.30. The van der Waals surface area contributed by atoms with E-state index >= 15 is 0 Å². The Balaban J connectivity index is 1.68. The maximum atomic E-state index is 6.51. The van der Waals surface area contributed by atoms with Crippen LogP contribution in [0.25, 0.3) is 0 Å². The average Bonchev–Trinajstić information content (AvgIpc) is 3.16. The maximum Gasteiger partial charge on any atom is 0.180 e. The Morgan fingerprint density at radius 3 is 2.52 bits per heavy atom. The molecule has 0 aliphatic carbocycles. The van der Waals surface area contributed by atoms with Crippen LogP contribution in [0.3, 0.4) is 0 Å². The van der Waals surface area contributed by atoms with E-state index in [2.05, 4.69) is 54.0 Å². The Bertz CT molecular complexity index is 848. The Hall–Kier alpha value is -2.01. The molecule has 0 saturated heterocycles. The summed E-state index contributed by atoms with van der Waals surface area (Å²) in [5, 5.41) is 6.09. The van der Waals surface area contributed by atoms with Crippen LogP contribution < -0.4 is 14.8 Å². The summed E-state index contributed by atoms with van der Waals surface area (Å²) in [6.07, 6.45) is 0. The molecule has 142 valence electrons. The van der Waals surface area contributed by atoms with E-state index in [1.54, 1.807) is 11.3 Å². The van der Waals surface area contributed by atoms with Crippen molar-refractivity contribution in [2.75, 3.05) is 6.61 Å². The number of aryl methyl sites for hydroxylation is 1. The van der Waals surface area contributed by atoms with Gasteiger partial charge in [0.25, 0.3) is 0 Å². The third kappa shape index (κ3) is 5.73. The van der Waals surface area contributed by atoms with Crippen molar-refractivity contribution in [1.82, 2.24) is 5.32 Å². The van der Waals surface area contributed by atoms with Crippen molar-refractivity contribution >= 4 is 22.9 Å². The molecule has 0 amide bonds. The molecule has 0 spiro atoms. The maximum absolute atomic E-state index is 6.51. The van der Waals surface area contributed by atoms with Crippen LogP contribution in [-0.2, 0) is 19.7 Å². The van der Waals surface area contributed by atoms with Gasteiger partial charge in [-0.3, -0.25) is 0 Å². The van der Waals surface area contributed by atoms with Gasteiger partial charge in [-0.1, -0.05) is 47.5 Å². The van der Waals surface area contributed by atoms with Gasteiger partial charge < -0.3 is 14.8 Å². The molecule has 3 nitrogen and oxygen atoms in total. The van der Waals surface area contributed by atoms with Crippen LogP contribution in [-0.4, -0.2) is 6.61 Å². The number of benzene rings is 2. The summed E-state index contributed by atoms with van der Waals surface area (Å²) >= 11 is 8.26. The summed E-state index contributed by atoms with van der Waals surface area (Å²) in [4.78, 5) is 1.31. The zero-order chi connectivity index (χ0) is 19.1. The molecule has 27 heavy (non-hydrogen) atoms. The first kappa shape index (κ1) is 19.7. The lowest BCUT2D eigenvalue weighted by molar-refractivity contribution is 0.269. The highest BCUT2D eigenvalue weighted by Crippen LogP contribution is 2.37. The second kappa shape index (κ2) is 9.79. The van der Waals surface area contributed by atoms with Crippen LogP contribution in [0.5, 0.6) is 11.5 Å². The number of nitrogens with one attached hydrogen (secondary N) is 1. The van der Waals surface area contributed by atoms with Crippen LogP contribution in [0.15, 0.2) is 53.9 Å². The molecule has 0 radical (unpaired) electrons. The number of halogens is 1. The molecule has 0 fully saturated rings. The number of rotatable bonds is 9. The van der Waals surface area contributed by atoms with Gasteiger partial charge in [0.1, 0.15) is 6.61 Å². The molecule has 5 heteroatoms. The highest BCUT2D eigenvalue weighted by molar-refractivity contribution is 7.09. The van der Waals surface area contributed by atoms with Crippen molar-refractivity contribution in [2.45, 2.75) is 33.5 Å². The van der Waals surface area contributed by atoms with Gasteiger partial charge in [0.05, 0.1) is 11.6 Å². The van der Waals surface area contributed by atoms with Crippen LogP contribution in [0.4, 0.5) is 0 Å². The van der Waals surface area contributed by atoms with Crippen LogP contribution >= 0.6 is 22.9 Å². The van der Waals surface area contributed by atoms with Gasteiger partial charge in [0.2, 0.25) is 0 Å². The Labute approximate surface area is 169 Å². The van der Waals surface area contributed by atoms with E-state index in [-0.39, 0.29) is 0 Å². The molecule has 1 heterocycles. The number of thiophene rings is 1. The minimum atomic E-state index is 0.454. The van der Waals surface area contributed by atoms with E-state index < -0.39 is 0 Å². The van der Waals surface area contributed by atoms with Crippen LogP contribution in [0.2, 0.25) is 5.02 Å². The first-order valence-corrected chi connectivity index (χ1v) is 10.3. The topological polar surface area (TPSA) is 30.5 Å². The first-order chi connectivity index (χ1) is 13.2. The Morgan fingerprint density at radius 2 is 1.81 bits per heavy atom. The van der Waals surface area contributed by atoms with Gasteiger partial charge in [-0.25, -0.2) is 0 Å². The summed E-state index contributed by atoms with van der Waals surface area (Å²) < 4.78 is 11.8. The Kier molecular flexibility index (Phi) is 7.16. The number of hydrogen-bond acceptors (Lipinski definition) is 4. The Morgan fingerprint density at radius 1 is 1.00 bits per heavy atom. The van der Waals surface area contributed by atoms with Crippen LogP contribution in [0, 0.1) is 6.92 Å². The monoisotopic (exact) mass is 401 g/mol. The fourth-order valence-corrected chi connectivity index (χ4v) is 3.67. The predicted molar refractivity (Wildman–Crippen MR) is 113 cm³/mol. The second-order valence-corrected chi connectivity index (χ2v) is 7.73. The van der Waals surface area contributed by atoms with Gasteiger partial charge in [-0.2, -0.15) is 0 Å². The smallest absolute Gasteiger partial charge is 0.180 e. The lowest BCUT2D eigenvalue weighted by atomic mass is 10.1. The summed E-state index contributed by atoms with van der Waals surface area (Å²) in [6.45, 7) is 6.60. The van der Waals surface area contributed by atoms with E-state index in [4.69, 9.17) is 21.1 Å². The molecule has 0 bridgehead atoms. The van der Waals surface area contributed by atoms with Gasteiger partial charge in [-0.05, 0) is 48.6 Å². The van der Waals surface area contributed by atoms with Crippen molar-refractivity contribution in [1.29, 1.82) is 0 Å². The zero-order valence-corrected chi connectivity index (χ0v) is 17.2. The zero-order valence-electron chi connectivity index (χ0n) is 15.6. The minimum Gasteiger partial charge on any atom is -0.490 e. The lowest BCUT2D eigenvalue weighted by Crippen LogP contribution is -2.12. The molecule has 3 rings (SSSR count). The van der Waals surface area contributed by atoms with E-state index in [0.29, 0.717) is 29.7 Å². The lowest BCUT2D eigenvalue weighted by Gasteiger charge is -2.16. The quantitative estimate of drug-likeness (QED) is 0.478. The van der Waals surface area contributed by atoms with Crippen molar-refractivity contribution in [3.8, 4) is 11.5 Å². The fourth-order valence-electron chi connectivity index (χ4n) is 2.71. The SMILES string of the molecule is CCOc1cc(CNCc2cccs2)cc(Cl)c1OCc1ccc(C)cc1. The summed E-state index contributed by atoms with van der Waals surface area (Å²) in [5.74, 6) is 1.28. The first-order valence-electron chi connectivity index (χ1n) is 9.02. The number of ether oxygens (including phenoxy) is 2. The molecule has 0 atom stereocenters. The average molecular weight is 402 g/mol. The molecule has 0 unspecified atom stereocenters. The normalized spacial score (nSPS) is 10.8. The van der Waals surface area contributed by atoms with Gasteiger partial charge in [0, 0.05) is 18.0 Å². The third-order valence-electron chi connectivity index (χ3n) is 4.08. The molecular formula is C22H24ClNO2S. The van der Waals surface area contributed by atoms with Crippen molar-refractivity contribution in [2.24, 2.45) is 0 Å². The third-order valence-corrected chi connectivity index (χ3v) is 5.24. The summed E-state index contributed by atoms with van der Waals surface area (Å²) in [7, 11) is 0. The summed E-state index contributed by atoms with van der Waals surface area (Å²) in [6, 6.07) is 16.4. The van der Waals surface area contributed by atoms with Gasteiger partial charge in [-0.15, -0.1) is 11.3 Å². The minimum absolute atomic E-state index is 0.454. The van der Waals surface area contributed by atoms with E-state index in [1.165, 1.54) is 10.4 Å². The van der Waals surface area contributed by atoms with Gasteiger partial charge in [0.15, 0.2) is 11.5 Å². The van der Waals surface area contributed by atoms with Crippen molar-refractivity contribution < 1.29 is 9.47 Å². The molecule has 1 aromatic heterocycles. The highest BCUT2D eigenvalue weighted by Gasteiger charge is 2.13. The van der Waals surface area contributed by atoms with E-state index in [9.17, 15) is 0 Å². The molecule has 2 aromatic carbocycles. The standard InChI is InChI=1S/C22H24ClNO2S/c1-3-25-21-12-18(13-24-14-19-5-4-10-27-19)11-20(23)22(21)26-15-17-8-6-16(2)7-9-17/h4-12,24H,3,13-15H2,1-2H3. The summed E-state index contributed by atoms with van der Waals surface area (Å²) in [5.41, 5.74) is 3.40. The van der Waals surface area contributed by atoms with Crippen molar-refractivity contribution in [3.63, 3.8) is 0 Å². The molecule has 3 aromatic rings. The van der Waals surface area contributed by atoms with E-state index in [1.807, 2.05) is 19.1 Å². The van der Waals surface area contributed by atoms with Gasteiger partial charge >= 0.3 is 0 Å². The molecule has 1 N–H and O–H groups in total. The fraction of sp³-hybridized carbons (Fsp3) is 0.273. The molecule has 0 saturated carbocycles. The largest absolute Gasteiger partial charge is 0.490 e. The van der Waals surface area contributed by atoms with Crippen molar-refractivity contribution in [3.05, 3.63) is 80.5 Å².